The van der Waals surface area contributed by atoms with Gasteiger partial charge in [-0.3, -0.25) is 9.47 Å². The van der Waals surface area contributed by atoms with Crippen LogP contribution in [0.5, 0.6) is 11.8 Å². The molecule has 7 heteroatoms. The minimum Gasteiger partial charge on any atom is -0.494 e. The van der Waals surface area contributed by atoms with Crippen LogP contribution in [0.15, 0.2) is 18.5 Å². The molecule has 2 saturated carbocycles. The highest BCUT2D eigenvalue weighted by molar-refractivity contribution is 5.55. The number of fused-ring (bicyclic) bond motifs is 1. The molecular formula is C23H31N5O2. The second-order valence-corrected chi connectivity index (χ2v) is 9.56. The van der Waals surface area contributed by atoms with Gasteiger partial charge in [0, 0.05) is 56.2 Å². The van der Waals surface area contributed by atoms with Crippen LogP contribution in [0.4, 0.5) is 5.95 Å². The van der Waals surface area contributed by atoms with E-state index in [9.17, 15) is 10.2 Å². The predicted molar refractivity (Wildman–Crippen MR) is 114 cm³/mol. The van der Waals surface area contributed by atoms with Crippen LogP contribution in [0.25, 0.3) is 0 Å². The number of anilines is 1. The number of hydrogen-bond acceptors (Lipinski definition) is 6. The van der Waals surface area contributed by atoms with Crippen LogP contribution >= 0.6 is 0 Å². The Kier molecular flexibility index (Phi) is 4.41. The average Bonchev–Trinajstić information content (AvgIpc) is 3.57. The molecule has 2 N–H and O–H groups in total. The van der Waals surface area contributed by atoms with Crippen molar-refractivity contribution >= 4 is 5.95 Å². The summed E-state index contributed by atoms with van der Waals surface area (Å²) in [6, 6.07) is 1.85. The molecule has 3 heterocycles. The number of aromatic nitrogens is 3. The lowest BCUT2D eigenvalue weighted by Crippen LogP contribution is -2.47. The third-order valence-electron chi connectivity index (χ3n) is 8.05. The Bertz CT molecular complexity index is 882. The molecule has 2 aromatic heterocycles. The van der Waals surface area contributed by atoms with Crippen molar-refractivity contribution in [2.24, 2.45) is 11.8 Å². The Labute approximate surface area is 177 Å². The summed E-state index contributed by atoms with van der Waals surface area (Å²) in [7, 11) is 0. The Morgan fingerprint density at radius 2 is 1.43 bits per heavy atom. The number of nitrogens with zero attached hydrogens (tertiary/aromatic N) is 5. The first-order valence-electron chi connectivity index (χ1n) is 11.6. The highest BCUT2D eigenvalue weighted by Crippen LogP contribution is 2.70. The second kappa shape index (κ2) is 7.15. The lowest BCUT2D eigenvalue weighted by molar-refractivity contribution is 0.248. The topological polar surface area (TPSA) is 77.7 Å². The smallest absolute Gasteiger partial charge is 0.225 e. The Balaban J connectivity index is 1.02. The summed E-state index contributed by atoms with van der Waals surface area (Å²) in [4.78, 5) is 13.4. The fourth-order valence-electron chi connectivity index (χ4n) is 6.47. The van der Waals surface area contributed by atoms with Crippen molar-refractivity contribution in [1.29, 1.82) is 0 Å². The summed E-state index contributed by atoms with van der Waals surface area (Å²) >= 11 is 0. The number of rotatable bonds is 6. The molecule has 7 nitrogen and oxygen atoms in total. The van der Waals surface area contributed by atoms with Crippen LogP contribution in [-0.4, -0.2) is 62.4 Å². The third-order valence-corrected chi connectivity index (χ3v) is 8.05. The third kappa shape index (κ3) is 2.89. The van der Waals surface area contributed by atoms with Gasteiger partial charge in [-0.25, -0.2) is 9.97 Å². The second-order valence-electron chi connectivity index (χ2n) is 9.56. The van der Waals surface area contributed by atoms with Gasteiger partial charge in [-0.2, -0.15) is 0 Å². The van der Waals surface area contributed by atoms with E-state index in [2.05, 4.69) is 19.8 Å². The van der Waals surface area contributed by atoms with Crippen molar-refractivity contribution in [2.45, 2.75) is 50.5 Å². The summed E-state index contributed by atoms with van der Waals surface area (Å²) in [5, 5.41) is 21.7. The summed E-state index contributed by atoms with van der Waals surface area (Å²) in [6.07, 6.45) is 9.32. The van der Waals surface area contributed by atoms with Gasteiger partial charge in [0.1, 0.15) is 0 Å². The molecular weight excluding hydrogens is 378 g/mol. The van der Waals surface area contributed by atoms with E-state index in [-0.39, 0.29) is 0 Å². The highest BCUT2D eigenvalue weighted by atomic mass is 16.3. The first-order chi connectivity index (χ1) is 14.7. The molecule has 30 heavy (non-hydrogen) atoms. The standard InChI is InChI=1S/C23H31N5O2/c29-21-19-15-4-5-16(18-14-17(15)18)20(19)22(30)28(21)9-2-1-8-26-10-12-27(13-11-26)23-24-6-3-7-25-23/h3,6-7,15-18,29-30H,1-2,4-5,8-14H2. The lowest BCUT2D eigenvalue weighted by Gasteiger charge is -2.35. The van der Waals surface area contributed by atoms with Crippen LogP contribution in [0, 0.1) is 11.8 Å². The minimum atomic E-state index is 0.360. The molecule has 1 aliphatic heterocycles. The Morgan fingerprint density at radius 1 is 0.833 bits per heavy atom. The maximum atomic E-state index is 10.9. The van der Waals surface area contributed by atoms with Crippen molar-refractivity contribution in [3.63, 3.8) is 0 Å². The van der Waals surface area contributed by atoms with Crippen LogP contribution in [-0.2, 0) is 6.54 Å². The summed E-state index contributed by atoms with van der Waals surface area (Å²) in [6.45, 7) is 5.73. The van der Waals surface area contributed by atoms with E-state index in [0.717, 1.165) is 74.5 Å². The maximum absolute atomic E-state index is 10.9. The molecule has 4 unspecified atom stereocenters. The number of unbranched alkanes of at least 4 members (excludes halogenated alkanes) is 1. The first kappa shape index (κ1) is 18.5. The lowest BCUT2D eigenvalue weighted by atomic mass is 9.68. The Hall–Kier alpha value is -2.28. The predicted octanol–water partition coefficient (Wildman–Crippen LogP) is 2.90. The SMILES string of the molecule is Oc1c2c(c(O)n1CCCCN1CCN(c3ncccn3)CC1)C1CCC2C2CC12. The average molecular weight is 410 g/mol. The van der Waals surface area contributed by atoms with Gasteiger partial charge in [0.15, 0.2) is 11.8 Å². The van der Waals surface area contributed by atoms with E-state index < -0.39 is 0 Å². The van der Waals surface area contributed by atoms with Gasteiger partial charge in [-0.05, 0) is 68.4 Å². The molecule has 0 amide bonds. The largest absolute Gasteiger partial charge is 0.494 e. The molecule has 2 bridgehead atoms. The van der Waals surface area contributed by atoms with Gasteiger partial charge < -0.3 is 15.1 Å². The fraction of sp³-hybridized carbons (Fsp3) is 0.652. The molecule has 0 radical (unpaired) electrons. The van der Waals surface area contributed by atoms with Gasteiger partial charge in [-0.15, -0.1) is 0 Å². The maximum Gasteiger partial charge on any atom is 0.225 e. The van der Waals surface area contributed by atoms with E-state index in [0.29, 0.717) is 30.1 Å². The molecule has 160 valence electrons. The molecule has 0 aromatic carbocycles. The zero-order valence-corrected chi connectivity index (χ0v) is 17.5. The van der Waals surface area contributed by atoms with Crippen molar-refractivity contribution in [3.8, 4) is 11.8 Å². The monoisotopic (exact) mass is 409 g/mol. The molecule has 1 saturated heterocycles. The molecule has 2 aromatic rings. The molecule has 5 aliphatic rings. The van der Waals surface area contributed by atoms with E-state index in [1.54, 1.807) is 17.0 Å². The van der Waals surface area contributed by atoms with Gasteiger partial charge >= 0.3 is 0 Å². The van der Waals surface area contributed by atoms with Crippen LogP contribution in [0.1, 0.15) is 55.1 Å². The van der Waals surface area contributed by atoms with Crippen molar-refractivity contribution < 1.29 is 10.2 Å². The van der Waals surface area contributed by atoms with Crippen molar-refractivity contribution in [1.82, 2.24) is 19.4 Å². The van der Waals surface area contributed by atoms with Gasteiger partial charge in [0.2, 0.25) is 5.95 Å². The van der Waals surface area contributed by atoms with E-state index in [4.69, 9.17) is 0 Å². The number of aromatic hydroxyl groups is 2. The molecule has 0 spiro atoms. The van der Waals surface area contributed by atoms with Crippen molar-refractivity contribution in [2.75, 3.05) is 37.6 Å². The number of hydrogen-bond donors (Lipinski definition) is 2. The quantitative estimate of drug-likeness (QED) is 0.715. The minimum absolute atomic E-state index is 0.360. The van der Waals surface area contributed by atoms with Crippen molar-refractivity contribution in [3.05, 3.63) is 29.6 Å². The van der Waals surface area contributed by atoms with E-state index in [1.807, 2.05) is 6.07 Å². The highest BCUT2D eigenvalue weighted by Gasteiger charge is 2.58. The summed E-state index contributed by atoms with van der Waals surface area (Å²) in [5.74, 6) is 4.08. The fourth-order valence-corrected chi connectivity index (χ4v) is 6.47. The Morgan fingerprint density at radius 3 is 2.07 bits per heavy atom. The molecule has 3 fully saturated rings. The summed E-state index contributed by atoms with van der Waals surface area (Å²) < 4.78 is 1.80. The van der Waals surface area contributed by atoms with E-state index in [1.165, 1.54) is 19.3 Å². The van der Waals surface area contributed by atoms with Crippen LogP contribution in [0.2, 0.25) is 0 Å². The zero-order valence-electron chi connectivity index (χ0n) is 17.5. The summed E-state index contributed by atoms with van der Waals surface area (Å²) in [5.41, 5.74) is 2.20. The van der Waals surface area contributed by atoms with E-state index >= 15 is 0 Å². The zero-order chi connectivity index (χ0) is 20.2. The van der Waals surface area contributed by atoms with Gasteiger partial charge in [0.25, 0.3) is 0 Å². The normalized spacial score (nSPS) is 29.7. The number of piperazine rings is 1. The van der Waals surface area contributed by atoms with Crippen LogP contribution < -0.4 is 4.90 Å². The van der Waals surface area contributed by atoms with Crippen LogP contribution in [0.3, 0.4) is 0 Å². The van der Waals surface area contributed by atoms with Gasteiger partial charge in [-0.1, -0.05) is 0 Å². The molecule has 4 aliphatic carbocycles. The molecule has 7 rings (SSSR count). The van der Waals surface area contributed by atoms with Gasteiger partial charge in [0.05, 0.1) is 0 Å². The first-order valence-corrected chi connectivity index (χ1v) is 11.6. The molecule has 4 atom stereocenters.